The maximum Gasteiger partial charge on any atom is 0.335 e. The monoisotopic (exact) mass is 329 g/mol. The van der Waals surface area contributed by atoms with E-state index in [0.29, 0.717) is 5.56 Å². The maximum absolute atomic E-state index is 11.4. The molecule has 2 aromatic rings. The number of aryl methyl sites for hydroxylation is 2. The van der Waals surface area contributed by atoms with Crippen LogP contribution < -0.4 is 5.32 Å². The van der Waals surface area contributed by atoms with E-state index in [1.807, 2.05) is 13.0 Å². The molecule has 0 unspecified atom stereocenters. The van der Waals surface area contributed by atoms with Gasteiger partial charge in [-0.1, -0.05) is 6.92 Å². The van der Waals surface area contributed by atoms with E-state index < -0.39 is 5.97 Å². The molecule has 2 heterocycles. The van der Waals surface area contributed by atoms with Crippen molar-refractivity contribution < 1.29 is 9.90 Å². The second-order valence-corrected chi connectivity index (χ2v) is 6.68. The van der Waals surface area contributed by atoms with E-state index in [9.17, 15) is 9.90 Å². The number of aromatic carboxylic acids is 1. The molecule has 0 atom stereocenters. The first kappa shape index (κ1) is 17.0. The summed E-state index contributed by atoms with van der Waals surface area (Å²) in [4.78, 5) is 13.9. The Hall–Kier alpha value is -1.85. The molecule has 0 radical (unpaired) electrons. The van der Waals surface area contributed by atoms with Crippen LogP contribution in [0.25, 0.3) is 10.9 Å². The van der Waals surface area contributed by atoms with Crippen LogP contribution in [0.5, 0.6) is 0 Å². The van der Waals surface area contributed by atoms with Gasteiger partial charge >= 0.3 is 5.97 Å². The van der Waals surface area contributed by atoms with Crippen molar-refractivity contribution in [3.05, 3.63) is 35.0 Å². The van der Waals surface area contributed by atoms with Crippen molar-refractivity contribution >= 4 is 16.9 Å². The molecule has 1 aromatic carbocycles. The molecule has 0 amide bonds. The Kier molecular flexibility index (Phi) is 5.21. The van der Waals surface area contributed by atoms with Crippen LogP contribution in [0.4, 0.5) is 0 Å². The molecule has 130 valence electrons. The van der Waals surface area contributed by atoms with Gasteiger partial charge in [0.1, 0.15) is 0 Å². The minimum absolute atomic E-state index is 0.387. The lowest BCUT2D eigenvalue weighted by atomic mass is 10.0. The fourth-order valence-electron chi connectivity index (χ4n) is 3.68. The van der Waals surface area contributed by atoms with Crippen molar-refractivity contribution in [2.24, 2.45) is 0 Å². The molecule has 5 nitrogen and oxygen atoms in total. The van der Waals surface area contributed by atoms with Crippen molar-refractivity contribution in [3.8, 4) is 0 Å². The third-order valence-corrected chi connectivity index (χ3v) is 4.86. The highest BCUT2D eigenvalue weighted by atomic mass is 16.4. The summed E-state index contributed by atoms with van der Waals surface area (Å²) in [6.07, 6.45) is 4.27. The number of hydrogen-bond acceptors (Lipinski definition) is 3. The van der Waals surface area contributed by atoms with Crippen LogP contribution in [0.1, 0.15) is 34.8 Å². The number of aromatic nitrogens is 1. The van der Waals surface area contributed by atoms with Gasteiger partial charge in [-0.15, -0.1) is 0 Å². The number of rotatable bonds is 6. The normalized spacial score (nSPS) is 15.9. The third-order valence-electron chi connectivity index (χ3n) is 4.86. The van der Waals surface area contributed by atoms with E-state index in [1.165, 1.54) is 11.1 Å². The average molecular weight is 329 g/mol. The number of fused-ring (bicyclic) bond motifs is 1. The van der Waals surface area contributed by atoms with Gasteiger partial charge < -0.3 is 19.9 Å². The quantitative estimate of drug-likeness (QED) is 0.855. The van der Waals surface area contributed by atoms with Gasteiger partial charge in [0.05, 0.1) is 11.1 Å². The summed E-state index contributed by atoms with van der Waals surface area (Å²) in [5.74, 6) is -0.851. The van der Waals surface area contributed by atoms with Gasteiger partial charge in [-0.3, -0.25) is 0 Å². The Balaban J connectivity index is 1.94. The number of piperazine rings is 1. The second-order valence-electron chi connectivity index (χ2n) is 6.68. The molecule has 1 saturated heterocycles. The minimum atomic E-state index is -0.851. The van der Waals surface area contributed by atoms with E-state index in [0.717, 1.165) is 63.1 Å². The minimum Gasteiger partial charge on any atom is -0.478 e. The van der Waals surface area contributed by atoms with E-state index in [-0.39, 0.29) is 0 Å². The summed E-state index contributed by atoms with van der Waals surface area (Å²) in [6.45, 7) is 10.5. The molecule has 5 heteroatoms. The maximum atomic E-state index is 11.4. The number of carbonyl (C=O) groups is 1. The fourth-order valence-corrected chi connectivity index (χ4v) is 3.68. The Labute approximate surface area is 143 Å². The lowest BCUT2D eigenvalue weighted by molar-refractivity contribution is 0.0697. The van der Waals surface area contributed by atoms with Crippen molar-refractivity contribution in [2.75, 3.05) is 32.7 Å². The molecule has 3 rings (SSSR count). The molecule has 1 fully saturated rings. The lowest BCUT2D eigenvalue weighted by Gasteiger charge is -2.26. The number of carboxylic acids is 1. The van der Waals surface area contributed by atoms with Crippen molar-refractivity contribution in [2.45, 2.75) is 33.2 Å². The van der Waals surface area contributed by atoms with E-state index >= 15 is 0 Å². The lowest BCUT2D eigenvalue weighted by Crippen LogP contribution is -2.44. The van der Waals surface area contributed by atoms with E-state index in [4.69, 9.17) is 0 Å². The zero-order valence-corrected chi connectivity index (χ0v) is 14.6. The number of nitrogens with one attached hydrogen (secondary N) is 1. The SMILES string of the molecule is CCCn1cc(CCN2CCNCC2)c2cc(C(=O)O)cc(C)c21. The molecule has 24 heavy (non-hydrogen) atoms. The molecule has 2 N–H and O–H groups in total. The van der Waals surface area contributed by atoms with E-state index in [2.05, 4.69) is 27.9 Å². The fraction of sp³-hybridized carbons (Fsp3) is 0.526. The Morgan fingerprint density at radius 1 is 1.25 bits per heavy atom. The Morgan fingerprint density at radius 3 is 2.67 bits per heavy atom. The summed E-state index contributed by atoms with van der Waals surface area (Å²) in [5, 5.41) is 13.9. The highest BCUT2D eigenvalue weighted by molar-refractivity contribution is 5.96. The van der Waals surface area contributed by atoms with Gasteiger partial charge in [-0.25, -0.2) is 4.79 Å². The number of nitrogens with zero attached hydrogens (tertiary/aromatic N) is 2. The van der Waals surface area contributed by atoms with Crippen molar-refractivity contribution in [1.82, 2.24) is 14.8 Å². The summed E-state index contributed by atoms with van der Waals surface area (Å²) in [6, 6.07) is 3.64. The number of carboxylic acid groups (broad SMARTS) is 1. The predicted octanol–water partition coefficient (Wildman–Crippen LogP) is 2.51. The van der Waals surface area contributed by atoms with Gasteiger partial charge in [0.25, 0.3) is 0 Å². The largest absolute Gasteiger partial charge is 0.478 e. The molecule has 1 aliphatic rings. The van der Waals surface area contributed by atoms with Crippen LogP contribution in [0.3, 0.4) is 0 Å². The smallest absolute Gasteiger partial charge is 0.335 e. The summed E-state index contributed by atoms with van der Waals surface area (Å²) < 4.78 is 2.30. The highest BCUT2D eigenvalue weighted by Crippen LogP contribution is 2.27. The number of hydrogen-bond donors (Lipinski definition) is 2. The van der Waals surface area contributed by atoms with E-state index in [1.54, 1.807) is 6.07 Å². The molecule has 0 aliphatic carbocycles. The summed E-state index contributed by atoms with van der Waals surface area (Å²) >= 11 is 0. The summed E-state index contributed by atoms with van der Waals surface area (Å²) in [5.41, 5.74) is 3.89. The second kappa shape index (κ2) is 7.36. The highest BCUT2D eigenvalue weighted by Gasteiger charge is 2.16. The van der Waals surface area contributed by atoms with Crippen LogP contribution in [0, 0.1) is 6.92 Å². The molecule has 1 aromatic heterocycles. The Bertz CT molecular complexity index is 730. The topological polar surface area (TPSA) is 57.5 Å². The van der Waals surface area contributed by atoms with Crippen LogP contribution in [-0.4, -0.2) is 53.3 Å². The molecular formula is C19H27N3O2. The first-order valence-corrected chi connectivity index (χ1v) is 8.89. The first-order chi connectivity index (χ1) is 11.6. The van der Waals surface area contributed by atoms with Crippen LogP contribution in [-0.2, 0) is 13.0 Å². The van der Waals surface area contributed by atoms with Gasteiger partial charge in [-0.05, 0) is 43.0 Å². The molecule has 0 bridgehead atoms. The first-order valence-electron chi connectivity index (χ1n) is 8.89. The molecule has 1 aliphatic heterocycles. The average Bonchev–Trinajstić information content (AvgIpc) is 2.92. The standard InChI is InChI=1S/C19H27N3O2/c1-3-7-22-13-15(4-8-21-9-5-20-6-10-21)17-12-16(19(23)24)11-14(2)18(17)22/h11-13,20H,3-10H2,1-2H3,(H,23,24). The third kappa shape index (κ3) is 3.47. The molecule has 0 spiro atoms. The summed E-state index contributed by atoms with van der Waals surface area (Å²) in [7, 11) is 0. The zero-order valence-electron chi connectivity index (χ0n) is 14.6. The van der Waals surface area contributed by atoms with Gasteiger partial charge in [-0.2, -0.15) is 0 Å². The van der Waals surface area contributed by atoms with Crippen molar-refractivity contribution in [1.29, 1.82) is 0 Å². The van der Waals surface area contributed by atoms with Crippen LogP contribution in [0.15, 0.2) is 18.3 Å². The predicted molar refractivity (Wildman–Crippen MR) is 96.9 cm³/mol. The molecule has 0 saturated carbocycles. The van der Waals surface area contributed by atoms with Gasteiger partial charge in [0.15, 0.2) is 0 Å². The number of benzene rings is 1. The zero-order chi connectivity index (χ0) is 17.1. The molecular weight excluding hydrogens is 302 g/mol. The van der Waals surface area contributed by atoms with Crippen molar-refractivity contribution in [3.63, 3.8) is 0 Å². The Morgan fingerprint density at radius 2 is 2.00 bits per heavy atom. The van der Waals surface area contributed by atoms with Gasteiger partial charge in [0.2, 0.25) is 0 Å². The van der Waals surface area contributed by atoms with Crippen LogP contribution in [0.2, 0.25) is 0 Å². The van der Waals surface area contributed by atoms with Crippen LogP contribution >= 0.6 is 0 Å². The van der Waals surface area contributed by atoms with Gasteiger partial charge in [0, 0.05) is 50.9 Å².